The van der Waals surface area contributed by atoms with Gasteiger partial charge in [-0.25, -0.2) is 8.42 Å². The number of halogens is 1. The smallest absolute Gasteiger partial charge is 0.261 e. The van der Waals surface area contributed by atoms with Gasteiger partial charge in [0, 0.05) is 22.3 Å². The molecule has 0 aliphatic carbocycles. The maximum absolute atomic E-state index is 12.6. The van der Waals surface area contributed by atoms with E-state index in [1.54, 1.807) is 43.5 Å². The van der Waals surface area contributed by atoms with Crippen molar-refractivity contribution in [1.82, 2.24) is 5.32 Å². The second-order valence-electron chi connectivity index (χ2n) is 6.17. The molecule has 0 aliphatic heterocycles. The van der Waals surface area contributed by atoms with Crippen molar-refractivity contribution in [1.29, 1.82) is 0 Å². The molecule has 1 amide bonds. The SMILES string of the molecule is COc1ccc(CNC(=O)c2cccc(S(=O)(=O)Nc3ccc(Br)cc3)c2)cc1. The van der Waals surface area contributed by atoms with E-state index in [0.717, 1.165) is 15.8 Å². The summed E-state index contributed by atoms with van der Waals surface area (Å²) in [5.41, 5.74) is 1.60. The van der Waals surface area contributed by atoms with Gasteiger partial charge in [0.15, 0.2) is 0 Å². The Morgan fingerprint density at radius 2 is 1.69 bits per heavy atom. The van der Waals surface area contributed by atoms with Gasteiger partial charge in [-0.1, -0.05) is 34.1 Å². The van der Waals surface area contributed by atoms with Gasteiger partial charge in [-0.15, -0.1) is 0 Å². The fraction of sp³-hybridized carbons (Fsp3) is 0.0952. The predicted molar refractivity (Wildman–Crippen MR) is 116 cm³/mol. The summed E-state index contributed by atoms with van der Waals surface area (Å²) in [5.74, 6) is 0.373. The van der Waals surface area contributed by atoms with Crippen LogP contribution in [0.15, 0.2) is 82.2 Å². The van der Waals surface area contributed by atoms with Crippen molar-refractivity contribution >= 4 is 37.5 Å². The molecule has 8 heteroatoms. The molecular weight excluding hydrogens is 456 g/mol. The Balaban J connectivity index is 1.70. The fourth-order valence-electron chi connectivity index (χ4n) is 2.56. The van der Waals surface area contributed by atoms with Crippen LogP contribution in [0.3, 0.4) is 0 Å². The number of carbonyl (C=O) groups excluding carboxylic acids is 1. The van der Waals surface area contributed by atoms with Crippen LogP contribution in [0.1, 0.15) is 15.9 Å². The Kier molecular flexibility index (Phi) is 6.56. The Labute approximate surface area is 178 Å². The lowest BCUT2D eigenvalue weighted by atomic mass is 10.2. The number of amides is 1. The molecule has 150 valence electrons. The molecule has 0 radical (unpaired) electrons. The van der Waals surface area contributed by atoms with Crippen LogP contribution in [0.4, 0.5) is 5.69 Å². The Hall–Kier alpha value is -2.84. The third-order valence-electron chi connectivity index (χ3n) is 4.12. The maximum atomic E-state index is 12.6. The summed E-state index contributed by atoms with van der Waals surface area (Å²) in [6, 6.07) is 20.0. The average Bonchev–Trinajstić information content (AvgIpc) is 2.74. The van der Waals surface area contributed by atoms with Crippen LogP contribution in [0, 0.1) is 0 Å². The van der Waals surface area contributed by atoms with Crippen LogP contribution < -0.4 is 14.8 Å². The van der Waals surface area contributed by atoms with Gasteiger partial charge in [-0.3, -0.25) is 9.52 Å². The van der Waals surface area contributed by atoms with Crippen molar-refractivity contribution in [2.75, 3.05) is 11.8 Å². The molecule has 2 N–H and O–H groups in total. The van der Waals surface area contributed by atoms with Gasteiger partial charge in [0.2, 0.25) is 0 Å². The first kappa shape index (κ1) is 20.9. The van der Waals surface area contributed by atoms with Gasteiger partial charge in [0.05, 0.1) is 12.0 Å². The molecule has 3 aromatic rings. The van der Waals surface area contributed by atoms with Gasteiger partial charge >= 0.3 is 0 Å². The highest BCUT2D eigenvalue weighted by atomic mass is 79.9. The highest BCUT2D eigenvalue weighted by Gasteiger charge is 2.16. The van der Waals surface area contributed by atoms with E-state index in [2.05, 4.69) is 26.0 Å². The zero-order valence-electron chi connectivity index (χ0n) is 15.6. The van der Waals surface area contributed by atoms with Crippen molar-refractivity contribution in [2.45, 2.75) is 11.4 Å². The van der Waals surface area contributed by atoms with E-state index < -0.39 is 10.0 Å². The summed E-state index contributed by atoms with van der Waals surface area (Å²) < 4.78 is 33.7. The molecule has 0 atom stereocenters. The van der Waals surface area contributed by atoms with Gasteiger partial charge in [0.1, 0.15) is 5.75 Å². The lowest BCUT2D eigenvalue weighted by molar-refractivity contribution is 0.0950. The third kappa shape index (κ3) is 5.58. The number of nitrogens with one attached hydrogen (secondary N) is 2. The molecule has 0 saturated heterocycles. The molecule has 29 heavy (non-hydrogen) atoms. The van der Waals surface area contributed by atoms with Crippen LogP contribution in [-0.4, -0.2) is 21.4 Å². The molecule has 0 spiro atoms. The molecular formula is C21H19BrN2O4S. The molecule has 3 rings (SSSR count). The number of sulfonamides is 1. The fourth-order valence-corrected chi connectivity index (χ4v) is 3.93. The van der Waals surface area contributed by atoms with E-state index in [0.29, 0.717) is 12.2 Å². The van der Waals surface area contributed by atoms with Gasteiger partial charge in [-0.2, -0.15) is 0 Å². The largest absolute Gasteiger partial charge is 0.497 e. The number of hydrogen-bond donors (Lipinski definition) is 2. The van der Waals surface area contributed by atoms with E-state index in [-0.39, 0.29) is 16.4 Å². The number of anilines is 1. The highest BCUT2D eigenvalue weighted by molar-refractivity contribution is 9.10. The van der Waals surface area contributed by atoms with Crippen molar-refractivity contribution in [2.24, 2.45) is 0 Å². The second-order valence-corrected chi connectivity index (χ2v) is 8.77. The lowest BCUT2D eigenvalue weighted by Gasteiger charge is -2.10. The average molecular weight is 475 g/mol. The minimum absolute atomic E-state index is 0.0116. The number of hydrogen-bond acceptors (Lipinski definition) is 4. The summed E-state index contributed by atoms with van der Waals surface area (Å²) in [4.78, 5) is 12.5. The van der Waals surface area contributed by atoms with E-state index in [1.165, 1.54) is 12.1 Å². The van der Waals surface area contributed by atoms with Crippen LogP contribution in [0.25, 0.3) is 0 Å². The molecule has 0 unspecified atom stereocenters. The monoisotopic (exact) mass is 474 g/mol. The van der Waals surface area contributed by atoms with E-state index >= 15 is 0 Å². The first-order valence-electron chi connectivity index (χ1n) is 8.67. The number of ether oxygens (including phenoxy) is 1. The first-order valence-corrected chi connectivity index (χ1v) is 10.9. The minimum atomic E-state index is -3.82. The van der Waals surface area contributed by atoms with Crippen molar-refractivity contribution < 1.29 is 17.9 Å². The molecule has 0 heterocycles. The number of carbonyl (C=O) groups is 1. The highest BCUT2D eigenvalue weighted by Crippen LogP contribution is 2.19. The van der Waals surface area contributed by atoms with Crippen molar-refractivity contribution in [3.63, 3.8) is 0 Å². The normalized spacial score (nSPS) is 11.0. The maximum Gasteiger partial charge on any atom is 0.261 e. The second kappa shape index (κ2) is 9.11. The number of benzene rings is 3. The van der Waals surface area contributed by atoms with E-state index in [4.69, 9.17) is 4.74 Å². The Morgan fingerprint density at radius 3 is 2.34 bits per heavy atom. The molecule has 3 aromatic carbocycles. The van der Waals surface area contributed by atoms with Crippen LogP contribution in [0.5, 0.6) is 5.75 Å². The van der Waals surface area contributed by atoms with E-state index in [1.807, 2.05) is 24.3 Å². The third-order valence-corrected chi connectivity index (χ3v) is 6.02. The topological polar surface area (TPSA) is 84.5 Å². The van der Waals surface area contributed by atoms with Gasteiger partial charge in [0.25, 0.3) is 15.9 Å². The Morgan fingerprint density at radius 1 is 1.00 bits per heavy atom. The minimum Gasteiger partial charge on any atom is -0.497 e. The standard InChI is InChI=1S/C21H19BrN2O4S/c1-28-19-11-5-15(6-12-19)14-23-21(25)16-3-2-4-20(13-16)29(26,27)24-18-9-7-17(22)8-10-18/h2-13,24H,14H2,1H3,(H,23,25). The number of rotatable bonds is 7. The molecule has 0 aromatic heterocycles. The zero-order chi connectivity index (χ0) is 20.9. The molecule has 0 fully saturated rings. The summed E-state index contributed by atoms with van der Waals surface area (Å²) in [7, 11) is -2.23. The Bertz CT molecular complexity index is 1100. The quantitative estimate of drug-likeness (QED) is 0.537. The van der Waals surface area contributed by atoms with Crippen LogP contribution >= 0.6 is 15.9 Å². The predicted octanol–water partition coefficient (Wildman–Crippen LogP) is 4.19. The van der Waals surface area contributed by atoms with Crippen molar-refractivity contribution in [3.05, 3.63) is 88.4 Å². The van der Waals surface area contributed by atoms with Crippen LogP contribution in [-0.2, 0) is 16.6 Å². The summed E-state index contributed by atoms with van der Waals surface area (Å²) in [6.45, 7) is 0.316. The van der Waals surface area contributed by atoms with Crippen LogP contribution in [0.2, 0.25) is 0 Å². The molecule has 0 bridgehead atoms. The lowest BCUT2D eigenvalue weighted by Crippen LogP contribution is -2.23. The van der Waals surface area contributed by atoms with Gasteiger partial charge < -0.3 is 10.1 Å². The number of methoxy groups -OCH3 is 1. The zero-order valence-corrected chi connectivity index (χ0v) is 18.0. The van der Waals surface area contributed by atoms with E-state index in [9.17, 15) is 13.2 Å². The van der Waals surface area contributed by atoms with Gasteiger partial charge in [-0.05, 0) is 60.2 Å². The van der Waals surface area contributed by atoms with Crippen molar-refractivity contribution in [3.8, 4) is 5.75 Å². The molecule has 6 nitrogen and oxygen atoms in total. The molecule has 0 aliphatic rings. The summed E-state index contributed by atoms with van der Waals surface area (Å²) in [6.07, 6.45) is 0. The summed E-state index contributed by atoms with van der Waals surface area (Å²) in [5, 5.41) is 2.79. The molecule has 0 saturated carbocycles. The first-order chi connectivity index (χ1) is 13.9. The summed E-state index contributed by atoms with van der Waals surface area (Å²) >= 11 is 3.31.